The highest BCUT2D eigenvalue weighted by Gasteiger charge is 2.46. The molecule has 10 heteroatoms. The van der Waals surface area contributed by atoms with Crippen LogP contribution in [0, 0.1) is 0 Å². The third-order valence-corrected chi connectivity index (χ3v) is 3.74. The molecule has 1 aliphatic rings. The Hall–Kier alpha value is -2.43. The standard InChI is InChI=1S/C13H17N5O5/c1-4(2)6(19)9-7(20)8(21)12(23-9)18-3-15-5-10(18)16-13(14)17-11(5)22/h3,7-9,12,19-21H,1-2H3,(H3,14,16,17,22)/t7-,8+,9+,12+/m0/s1. The van der Waals surface area contributed by atoms with Gasteiger partial charge in [-0.25, -0.2) is 4.98 Å². The summed E-state index contributed by atoms with van der Waals surface area (Å²) in [5, 5.41) is 30.3. The zero-order chi connectivity index (χ0) is 16.9. The van der Waals surface area contributed by atoms with Crippen molar-refractivity contribution in [3.05, 3.63) is 28.0 Å². The van der Waals surface area contributed by atoms with Gasteiger partial charge in [-0.3, -0.25) is 14.3 Å². The number of nitrogen functional groups attached to an aromatic ring is 1. The molecule has 4 atom stereocenters. The lowest BCUT2D eigenvalue weighted by Gasteiger charge is -2.16. The molecule has 0 saturated carbocycles. The summed E-state index contributed by atoms with van der Waals surface area (Å²) in [6, 6.07) is 0. The maximum Gasteiger partial charge on any atom is 0.280 e. The molecule has 1 fully saturated rings. The number of fused-ring (bicyclic) bond motifs is 1. The predicted molar refractivity (Wildman–Crippen MR) is 79.5 cm³/mol. The Morgan fingerprint density at radius 2 is 2.09 bits per heavy atom. The normalized spacial score (nSPS) is 27.5. The van der Waals surface area contributed by atoms with E-state index in [9.17, 15) is 20.1 Å². The zero-order valence-corrected chi connectivity index (χ0v) is 12.5. The second-order valence-corrected chi connectivity index (χ2v) is 5.59. The minimum absolute atomic E-state index is 0.0272. The molecule has 0 spiro atoms. The number of aliphatic hydroxyl groups is 3. The summed E-state index contributed by atoms with van der Waals surface area (Å²) in [5.41, 5.74) is 5.69. The maximum absolute atomic E-state index is 11.8. The molecule has 3 rings (SSSR count). The first kappa shape index (κ1) is 15.5. The molecule has 10 nitrogen and oxygen atoms in total. The fraction of sp³-hybridized carbons (Fsp3) is 0.462. The quantitative estimate of drug-likeness (QED) is 0.448. The number of aromatic nitrogens is 4. The lowest BCUT2D eigenvalue weighted by molar-refractivity contribution is -0.0345. The molecule has 0 radical (unpaired) electrons. The number of aromatic amines is 1. The van der Waals surface area contributed by atoms with Gasteiger partial charge in [0.25, 0.3) is 5.56 Å². The molecule has 1 saturated heterocycles. The molecule has 0 aliphatic carbocycles. The van der Waals surface area contributed by atoms with Gasteiger partial charge in [0, 0.05) is 0 Å². The van der Waals surface area contributed by atoms with Gasteiger partial charge in [-0.2, -0.15) is 4.98 Å². The fourth-order valence-corrected chi connectivity index (χ4v) is 2.53. The van der Waals surface area contributed by atoms with Crippen LogP contribution in [-0.2, 0) is 4.74 Å². The van der Waals surface area contributed by atoms with Gasteiger partial charge in [0.2, 0.25) is 5.95 Å². The Bertz CT molecular complexity index is 837. The molecule has 0 aromatic carbocycles. The average Bonchev–Trinajstić information content (AvgIpc) is 3.01. The summed E-state index contributed by atoms with van der Waals surface area (Å²) in [4.78, 5) is 22.0. The van der Waals surface area contributed by atoms with E-state index in [0.29, 0.717) is 5.57 Å². The predicted octanol–water partition coefficient (Wildman–Crippen LogP) is -0.827. The van der Waals surface area contributed by atoms with Crippen molar-refractivity contribution in [1.29, 1.82) is 0 Å². The monoisotopic (exact) mass is 323 g/mol. The Labute approximate surface area is 129 Å². The first-order valence-corrected chi connectivity index (χ1v) is 6.91. The van der Waals surface area contributed by atoms with Crippen LogP contribution < -0.4 is 11.3 Å². The number of imidazole rings is 1. The van der Waals surface area contributed by atoms with E-state index in [4.69, 9.17) is 10.5 Å². The largest absolute Gasteiger partial charge is 0.510 e. The number of rotatable bonds is 2. The van der Waals surface area contributed by atoms with Crippen molar-refractivity contribution in [3.63, 3.8) is 0 Å². The van der Waals surface area contributed by atoms with Crippen LogP contribution in [0.25, 0.3) is 11.2 Å². The second-order valence-electron chi connectivity index (χ2n) is 5.59. The van der Waals surface area contributed by atoms with Crippen LogP contribution in [0.1, 0.15) is 20.1 Å². The minimum Gasteiger partial charge on any atom is -0.510 e. The van der Waals surface area contributed by atoms with E-state index in [0.717, 1.165) is 0 Å². The van der Waals surface area contributed by atoms with E-state index >= 15 is 0 Å². The van der Waals surface area contributed by atoms with Crippen LogP contribution in [0.2, 0.25) is 0 Å². The summed E-state index contributed by atoms with van der Waals surface area (Å²) in [7, 11) is 0. The van der Waals surface area contributed by atoms with E-state index in [1.807, 2.05) is 0 Å². The molecule has 2 aromatic rings. The van der Waals surface area contributed by atoms with Gasteiger partial charge in [0.1, 0.15) is 24.1 Å². The number of ether oxygens (including phenoxy) is 1. The maximum atomic E-state index is 11.8. The number of anilines is 1. The van der Waals surface area contributed by atoms with Gasteiger partial charge >= 0.3 is 0 Å². The van der Waals surface area contributed by atoms with Crippen LogP contribution in [0.4, 0.5) is 5.95 Å². The molecule has 0 unspecified atom stereocenters. The van der Waals surface area contributed by atoms with E-state index in [1.165, 1.54) is 10.9 Å². The second kappa shape index (κ2) is 5.33. The third kappa shape index (κ3) is 2.36. The van der Waals surface area contributed by atoms with E-state index in [-0.39, 0.29) is 22.9 Å². The Kier molecular flexibility index (Phi) is 3.59. The smallest absolute Gasteiger partial charge is 0.280 e. The summed E-state index contributed by atoms with van der Waals surface area (Å²) >= 11 is 0. The number of hydrogen-bond donors (Lipinski definition) is 5. The topological polar surface area (TPSA) is 160 Å². The highest BCUT2D eigenvalue weighted by Crippen LogP contribution is 2.34. The van der Waals surface area contributed by atoms with Crippen molar-refractivity contribution in [3.8, 4) is 0 Å². The summed E-state index contributed by atoms with van der Waals surface area (Å²) < 4.78 is 6.86. The fourth-order valence-electron chi connectivity index (χ4n) is 2.53. The number of allylic oxidation sites excluding steroid dienone is 1. The van der Waals surface area contributed by atoms with Crippen LogP contribution in [-0.4, -0.2) is 53.2 Å². The van der Waals surface area contributed by atoms with Gasteiger partial charge < -0.3 is 25.8 Å². The lowest BCUT2D eigenvalue weighted by atomic mass is 10.1. The molecule has 2 aromatic heterocycles. The summed E-state index contributed by atoms with van der Waals surface area (Å²) in [5.74, 6) is -0.269. The lowest BCUT2D eigenvalue weighted by Crippen LogP contribution is -2.32. The summed E-state index contributed by atoms with van der Waals surface area (Å²) in [6.45, 7) is 3.30. The summed E-state index contributed by atoms with van der Waals surface area (Å²) in [6.07, 6.45) is -3.59. The van der Waals surface area contributed by atoms with Crippen LogP contribution in [0.15, 0.2) is 22.5 Å². The molecule has 0 amide bonds. The molecular formula is C13H17N5O5. The SMILES string of the molecule is CC(C)=C(O)[C@H]1O[C@@H](n2cnc3c(=O)[nH]c(N)nc32)[C@H](O)[C@@H]1O. The zero-order valence-electron chi connectivity index (χ0n) is 12.5. The van der Waals surface area contributed by atoms with Gasteiger partial charge in [-0.15, -0.1) is 0 Å². The number of hydrogen-bond acceptors (Lipinski definition) is 8. The van der Waals surface area contributed by atoms with Crippen LogP contribution in [0.5, 0.6) is 0 Å². The van der Waals surface area contributed by atoms with Gasteiger partial charge in [-0.1, -0.05) is 0 Å². The van der Waals surface area contributed by atoms with E-state index < -0.39 is 30.1 Å². The molecule has 6 N–H and O–H groups in total. The first-order chi connectivity index (χ1) is 10.8. The number of aliphatic hydroxyl groups excluding tert-OH is 3. The van der Waals surface area contributed by atoms with E-state index in [1.54, 1.807) is 13.8 Å². The minimum atomic E-state index is -1.35. The van der Waals surface area contributed by atoms with Crippen molar-refractivity contribution in [1.82, 2.24) is 19.5 Å². The number of nitrogens with zero attached hydrogens (tertiary/aromatic N) is 3. The molecule has 23 heavy (non-hydrogen) atoms. The molecule has 0 bridgehead atoms. The van der Waals surface area contributed by atoms with Gasteiger partial charge in [0.15, 0.2) is 17.4 Å². The van der Waals surface area contributed by atoms with Crippen molar-refractivity contribution in [2.75, 3.05) is 5.73 Å². The van der Waals surface area contributed by atoms with Gasteiger partial charge in [-0.05, 0) is 19.4 Å². The average molecular weight is 323 g/mol. The third-order valence-electron chi connectivity index (χ3n) is 3.74. The molecular weight excluding hydrogens is 306 g/mol. The number of nitrogens with two attached hydrogens (primary N) is 1. The van der Waals surface area contributed by atoms with Crippen molar-refractivity contribution in [2.45, 2.75) is 38.4 Å². The number of H-pyrrole nitrogens is 1. The Morgan fingerprint density at radius 3 is 2.74 bits per heavy atom. The Balaban J connectivity index is 2.06. The number of nitrogens with one attached hydrogen (secondary N) is 1. The van der Waals surface area contributed by atoms with E-state index in [2.05, 4.69) is 15.0 Å². The molecule has 3 heterocycles. The van der Waals surface area contributed by atoms with Crippen molar-refractivity contribution >= 4 is 17.1 Å². The van der Waals surface area contributed by atoms with Crippen molar-refractivity contribution < 1.29 is 20.1 Å². The molecule has 1 aliphatic heterocycles. The van der Waals surface area contributed by atoms with Crippen LogP contribution >= 0.6 is 0 Å². The van der Waals surface area contributed by atoms with Gasteiger partial charge in [0.05, 0.1) is 6.33 Å². The van der Waals surface area contributed by atoms with Crippen molar-refractivity contribution in [2.24, 2.45) is 0 Å². The first-order valence-electron chi connectivity index (χ1n) is 6.91. The van der Waals surface area contributed by atoms with Crippen LogP contribution in [0.3, 0.4) is 0 Å². The Morgan fingerprint density at radius 1 is 1.39 bits per heavy atom. The highest BCUT2D eigenvalue weighted by atomic mass is 16.6. The molecule has 124 valence electrons. The highest BCUT2D eigenvalue weighted by molar-refractivity contribution is 5.70.